The fraction of sp³-hybridized carbons (Fsp3) is 0.652. The van der Waals surface area contributed by atoms with Gasteiger partial charge >= 0.3 is 12.1 Å². The molecular weight excluding hydrogens is 402 g/mol. The van der Waals surface area contributed by atoms with E-state index >= 15 is 0 Å². The number of ether oxygens (including phenoxy) is 4. The first-order valence-corrected chi connectivity index (χ1v) is 10.9. The third kappa shape index (κ3) is 11.6. The largest absolute Gasteiger partial charge is 0.494 e. The highest BCUT2D eigenvalue weighted by Gasteiger charge is 2.20. The van der Waals surface area contributed by atoms with Gasteiger partial charge in [-0.05, 0) is 44.4 Å². The predicted octanol–water partition coefficient (Wildman–Crippen LogP) is 3.76. The summed E-state index contributed by atoms with van der Waals surface area (Å²) in [5, 5.41) is 9.28. The average molecular weight is 440 g/mol. The molecule has 1 rings (SSSR count). The summed E-state index contributed by atoms with van der Waals surface area (Å²) in [5.41, 5.74) is 0.861. The van der Waals surface area contributed by atoms with Crippen LogP contribution in [0.5, 0.6) is 5.75 Å². The maximum atomic E-state index is 11.9. The molecule has 1 atom stereocenters. The number of benzene rings is 1. The Hall–Kier alpha value is -2.32. The zero-order chi connectivity index (χ0) is 23.1. The van der Waals surface area contributed by atoms with E-state index in [0.29, 0.717) is 51.5 Å². The van der Waals surface area contributed by atoms with Crippen LogP contribution < -0.4 is 4.74 Å². The Morgan fingerprint density at radius 3 is 2.32 bits per heavy atom. The van der Waals surface area contributed by atoms with Gasteiger partial charge < -0.3 is 29.0 Å². The molecule has 0 fully saturated rings. The van der Waals surface area contributed by atoms with Crippen molar-refractivity contribution in [3.63, 3.8) is 0 Å². The summed E-state index contributed by atoms with van der Waals surface area (Å²) < 4.78 is 21.5. The van der Waals surface area contributed by atoms with Crippen molar-refractivity contribution in [2.24, 2.45) is 0 Å². The van der Waals surface area contributed by atoms with E-state index < -0.39 is 12.1 Å². The smallest absolute Gasteiger partial charge is 0.409 e. The van der Waals surface area contributed by atoms with Crippen molar-refractivity contribution < 1.29 is 33.6 Å². The summed E-state index contributed by atoms with van der Waals surface area (Å²) in [6.07, 6.45) is 1.62. The molecule has 0 aliphatic carbocycles. The number of unbranched alkanes of at least 4 members (excludes halogenated alkanes) is 1. The minimum absolute atomic E-state index is 0.156. The Bertz CT molecular complexity index is 633. The lowest BCUT2D eigenvalue weighted by Gasteiger charge is -2.21. The van der Waals surface area contributed by atoms with Crippen LogP contribution in [0.4, 0.5) is 4.79 Å². The number of hydrogen-bond acceptors (Lipinski definition) is 6. The molecule has 1 amide bonds. The number of carboxylic acid groups (broad SMARTS) is 1. The van der Waals surface area contributed by atoms with Gasteiger partial charge in [-0.2, -0.15) is 0 Å². The molecule has 176 valence electrons. The Kier molecular flexibility index (Phi) is 13.3. The number of nitrogens with zero attached hydrogens (tertiary/aromatic N) is 1. The van der Waals surface area contributed by atoms with Crippen LogP contribution in [0.1, 0.15) is 45.6 Å². The maximum absolute atomic E-state index is 11.9. The van der Waals surface area contributed by atoms with Gasteiger partial charge in [-0.25, -0.2) is 9.59 Å². The molecule has 0 heterocycles. The zero-order valence-electron chi connectivity index (χ0n) is 19.2. The van der Waals surface area contributed by atoms with E-state index in [1.807, 2.05) is 38.1 Å². The molecule has 0 aliphatic rings. The number of carbonyl (C=O) groups is 2. The van der Waals surface area contributed by atoms with Gasteiger partial charge in [0.1, 0.15) is 5.75 Å². The molecule has 0 radical (unpaired) electrons. The highest BCUT2D eigenvalue weighted by molar-refractivity contribution is 5.72. The van der Waals surface area contributed by atoms with Crippen LogP contribution in [0.25, 0.3) is 0 Å². The molecule has 0 aromatic heterocycles. The molecule has 8 heteroatoms. The van der Waals surface area contributed by atoms with Crippen LogP contribution in [-0.4, -0.2) is 74.3 Å². The second kappa shape index (κ2) is 15.5. The maximum Gasteiger partial charge on any atom is 0.409 e. The van der Waals surface area contributed by atoms with Crippen LogP contribution in [0.2, 0.25) is 0 Å². The topological polar surface area (TPSA) is 94.5 Å². The van der Waals surface area contributed by atoms with Crippen LogP contribution in [0.3, 0.4) is 0 Å². The summed E-state index contributed by atoms with van der Waals surface area (Å²) in [4.78, 5) is 24.8. The third-order valence-corrected chi connectivity index (χ3v) is 4.48. The minimum atomic E-state index is -0.972. The van der Waals surface area contributed by atoms with Crippen LogP contribution in [0, 0.1) is 0 Å². The number of carboxylic acids is 1. The van der Waals surface area contributed by atoms with E-state index in [4.69, 9.17) is 18.9 Å². The van der Waals surface area contributed by atoms with Crippen molar-refractivity contribution in [1.29, 1.82) is 0 Å². The molecule has 1 N–H and O–H groups in total. The molecule has 1 aromatic rings. The van der Waals surface area contributed by atoms with Gasteiger partial charge in [-0.3, -0.25) is 0 Å². The summed E-state index contributed by atoms with van der Waals surface area (Å²) in [6, 6.07) is 7.29. The van der Waals surface area contributed by atoms with Crippen molar-refractivity contribution in [1.82, 2.24) is 4.90 Å². The van der Waals surface area contributed by atoms with Gasteiger partial charge in [-0.15, -0.1) is 0 Å². The number of hydrogen-bond donors (Lipinski definition) is 1. The zero-order valence-corrected chi connectivity index (χ0v) is 19.2. The van der Waals surface area contributed by atoms with Gasteiger partial charge in [0.15, 0.2) is 6.10 Å². The summed E-state index contributed by atoms with van der Waals surface area (Å²) in [7, 11) is 1.37. The van der Waals surface area contributed by atoms with E-state index in [0.717, 1.165) is 18.4 Å². The second-order valence-electron chi connectivity index (χ2n) is 7.48. The van der Waals surface area contributed by atoms with Crippen molar-refractivity contribution >= 4 is 12.1 Å². The van der Waals surface area contributed by atoms with Crippen molar-refractivity contribution in [3.8, 4) is 5.75 Å². The lowest BCUT2D eigenvalue weighted by molar-refractivity contribution is -0.153. The Morgan fingerprint density at radius 1 is 1.03 bits per heavy atom. The van der Waals surface area contributed by atoms with Gasteiger partial charge in [0, 0.05) is 26.1 Å². The van der Waals surface area contributed by atoms with Gasteiger partial charge in [0.2, 0.25) is 0 Å². The first kappa shape index (κ1) is 26.7. The van der Waals surface area contributed by atoms with Crippen molar-refractivity contribution in [2.45, 2.75) is 58.7 Å². The molecule has 0 saturated heterocycles. The molecule has 1 aromatic carbocycles. The molecular formula is C23H37NO7. The highest BCUT2D eigenvalue weighted by Crippen LogP contribution is 2.15. The molecule has 0 spiro atoms. The molecule has 31 heavy (non-hydrogen) atoms. The van der Waals surface area contributed by atoms with Crippen LogP contribution >= 0.6 is 0 Å². The summed E-state index contributed by atoms with van der Waals surface area (Å²) >= 11 is 0. The van der Waals surface area contributed by atoms with Crippen LogP contribution in [-0.2, 0) is 25.4 Å². The lowest BCUT2D eigenvalue weighted by Crippen LogP contribution is -2.35. The van der Waals surface area contributed by atoms with Gasteiger partial charge in [0.05, 0.1) is 26.4 Å². The van der Waals surface area contributed by atoms with E-state index in [1.54, 1.807) is 4.90 Å². The Balaban J connectivity index is 2.41. The average Bonchev–Trinajstić information content (AvgIpc) is 2.74. The van der Waals surface area contributed by atoms with Crippen LogP contribution in [0.15, 0.2) is 24.3 Å². The Morgan fingerprint density at radius 2 is 1.74 bits per heavy atom. The summed E-state index contributed by atoms with van der Waals surface area (Å²) in [6.45, 7) is 8.34. The first-order valence-electron chi connectivity index (χ1n) is 10.9. The number of methoxy groups -OCH3 is 1. The third-order valence-electron chi connectivity index (χ3n) is 4.48. The highest BCUT2D eigenvalue weighted by atomic mass is 16.5. The number of amides is 1. The van der Waals surface area contributed by atoms with Crippen molar-refractivity contribution in [2.75, 3.05) is 40.0 Å². The SMILES string of the molecule is CCCCOCCN(CCCOc1ccc(CC(OC(C)C)C(=O)O)cc1)C(=O)OC. The van der Waals surface area contributed by atoms with E-state index in [-0.39, 0.29) is 12.2 Å². The quantitative estimate of drug-likeness (QED) is 0.392. The van der Waals surface area contributed by atoms with Crippen molar-refractivity contribution in [3.05, 3.63) is 29.8 Å². The Labute approximate surface area is 185 Å². The second-order valence-corrected chi connectivity index (χ2v) is 7.48. The molecule has 1 unspecified atom stereocenters. The number of rotatable bonds is 16. The number of carbonyl (C=O) groups excluding carboxylic acids is 1. The molecule has 0 saturated carbocycles. The minimum Gasteiger partial charge on any atom is -0.494 e. The summed E-state index contributed by atoms with van der Waals surface area (Å²) in [5.74, 6) is -0.284. The fourth-order valence-electron chi connectivity index (χ4n) is 2.85. The fourth-order valence-corrected chi connectivity index (χ4v) is 2.85. The monoisotopic (exact) mass is 439 g/mol. The lowest BCUT2D eigenvalue weighted by atomic mass is 10.1. The normalized spacial score (nSPS) is 11.9. The van der Waals surface area contributed by atoms with E-state index in [1.165, 1.54) is 7.11 Å². The van der Waals surface area contributed by atoms with E-state index in [9.17, 15) is 14.7 Å². The predicted molar refractivity (Wildman–Crippen MR) is 118 cm³/mol. The van der Waals surface area contributed by atoms with Gasteiger partial charge in [0.25, 0.3) is 0 Å². The van der Waals surface area contributed by atoms with E-state index in [2.05, 4.69) is 6.92 Å². The first-order chi connectivity index (χ1) is 14.9. The molecule has 8 nitrogen and oxygen atoms in total. The van der Waals surface area contributed by atoms with Gasteiger partial charge in [-0.1, -0.05) is 25.5 Å². The molecule has 0 aliphatic heterocycles. The molecule has 0 bridgehead atoms. The standard InChI is InChI=1S/C23H37NO7/c1-5-6-14-29-16-13-24(23(27)28-4)12-7-15-30-20-10-8-19(9-11-20)17-21(22(25)26)31-18(2)3/h8-11,18,21H,5-7,12-17H2,1-4H3,(H,25,26). The number of aliphatic carboxylic acids is 1.